The molecule has 0 saturated carbocycles. The number of allylic oxidation sites excluding steroid dienone is 1. The van der Waals surface area contributed by atoms with Crippen molar-refractivity contribution in [2.75, 3.05) is 11.5 Å². The first-order valence-corrected chi connectivity index (χ1v) is 6.07. The van der Waals surface area contributed by atoms with Crippen molar-refractivity contribution in [3.63, 3.8) is 0 Å². The molecule has 0 saturated heterocycles. The Labute approximate surface area is 105 Å². The van der Waals surface area contributed by atoms with Crippen LogP contribution in [0.4, 0.5) is 5.82 Å². The van der Waals surface area contributed by atoms with Crippen LogP contribution >= 0.6 is 11.8 Å². The van der Waals surface area contributed by atoms with Gasteiger partial charge in [-0.05, 0) is 18.1 Å². The lowest BCUT2D eigenvalue weighted by molar-refractivity contribution is -0.109. The fourth-order valence-corrected chi connectivity index (χ4v) is 1.70. The van der Waals surface area contributed by atoms with Gasteiger partial charge in [-0.1, -0.05) is 23.9 Å². The van der Waals surface area contributed by atoms with Crippen LogP contribution in [0.25, 0.3) is 6.08 Å². The number of nitriles is 1. The predicted molar refractivity (Wildman–Crippen MR) is 70.2 cm³/mol. The van der Waals surface area contributed by atoms with E-state index in [0.717, 1.165) is 17.7 Å². The zero-order valence-corrected chi connectivity index (χ0v) is 10.3. The highest BCUT2D eigenvalue weighted by molar-refractivity contribution is 8.13. The second-order valence-electron chi connectivity index (χ2n) is 3.34. The fraction of sp³-hybridized carbons (Fsp3) is 0.250. The van der Waals surface area contributed by atoms with Crippen molar-refractivity contribution < 1.29 is 4.79 Å². The summed E-state index contributed by atoms with van der Waals surface area (Å²) in [5.74, 6) is 1.01. The summed E-state index contributed by atoms with van der Waals surface area (Å²) >= 11 is 1.30. The smallest absolute Gasteiger partial charge is 0.185 e. The van der Waals surface area contributed by atoms with E-state index in [9.17, 15) is 4.79 Å². The number of nitrogens with zero attached hydrogens (tertiary/aromatic N) is 2. The first-order valence-electron chi connectivity index (χ1n) is 5.09. The molecule has 0 radical (unpaired) electrons. The Morgan fingerprint density at radius 2 is 2.47 bits per heavy atom. The molecule has 17 heavy (non-hydrogen) atoms. The summed E-state index contributed by atoms with van der Waals surface area (Å²) in [6.07, 6.45) is 6.24. The average molecular weight is 247 g/mol. The van der Waals surface area contributed by atoms with E-state index in [4.69, 9.17) is 11.0 Å². The van der Waals surface area contributed by atoms with Crippen LogP contribution in [0.2, 0.25) is 0 Å². The Balaban J connectivity index is 2.54. The molecule has 88 valence electrons. The number of nitrogen functional groups attached to an aromatic ring is 1. The van der Waals surface area contributed by atoms with Crippen molar-refractivity contribution in [2.24, 2.45) is 0 Å². The molecular weight excluding hydrogens is 234 g/mol. The number of nitrogens with two attached hydrogens (primary N) is 1. The maximum atomic E-state index is 10.7. The monoisotopic (exact) mass is 247 g/mol. The van der Waals surface area contributed by atoms with E-state index in [0.29, 0.717) is 5.56 Å². The van der Waals surface area contributed by atoms with Gasteiger partial charge in [-0.15, -0.1) is 0 Å². The molecule has 1 aromatic heterocycles. The minimum Gasteiger partial charge on any atom is -0.383 e. The third-order valence-electron chi connectivity index (χ3n) is 1.96. The maximum absolute atomic E-state index is 10.7. The number of thioether (sulfide) groups is 1. The van der Waals surface area contributed by atoms with E-state index < -0.39 is 0 Å². The first-order chi connectivity index (χ1) is 8.13. The van der Waals surface area contributed by atoms with Crippen molar-refractivity contribution in [2.45, 2.75) is 13.3 Å². The van der Waals surface area contributed by atoms with Gasteiger partial charge in [0.05, 0.1) is 5.56 Å². The number of pyridine rings is 1. The molecule has 0 fully saturated rings. The Bertz CT molecular complexity index is 477. The Morgan fingerprint density at radius 3 is 3.12 bits per heavy atom. The van der Waals surface area contributed by atoms with Crippen LogP contribution in [0.3, 0.4) is 0 Å². The maximum Gasteiger partial charge on any atom is 0.185 e. The molecule has 0 aliphatic carbocycles. The van der Waals surface area contributed by atoms with Gasteiger partial charge in [0, 0.05) is 18.9 Å². The van der Waals surface area contributed by atoms with Crippen LogP contribution in [-0.4, -0.2) is 15.9 Å². The standard InChI is InChI=1S/C12H13N3OS/c1-9(16)17-5-3-2-4-10-6-11(7-13)12(14)15-8-10/h2,4,6,8H,3,5H2,1H3,(H2,14,15). The van der Waals surface area contributed by atoms with E-state index in [1.54, 1.807) is 19.2 Å². The van der Waals surface area contributed by atoms with E-state index in [-0.39, 0.29) is 10.9 Å². The van der Waals surface area contributed by atoms with Gasteiger partial charge >= 0.3 is 0 Å². The summed E-state index contributed by atoms with van der Waals surface area (Å²) in [7, 11) is 0. The SMILES string of the molecule is CC(=O)SCCC=Cc1cnc(N)c(C#N)c1. The van der Waals surface area contributed by atoms with Crippen molar-refractivity contribution in [3.05, 3.63) is 29.5 Å². The zero-order chi connectivity index (χ0) is 12.7. The quantitative estimate of drug-likeness (QED) is 0.825. The molecule has 0 amide bonds. The molecule has 0 unspecified atom stereocenters. The molecule has 1 aromatic rings. The van der Waals surface area contributed by atoms with Crippen LogP contribution in [0.5, 0.6) is 0 Å². The lowest BCUT2D eigenvalue weighted by Crippen LogP contribution is -1.94. The van der Waals surface area contributed by atoms with Gasteiger partial charge in [0.25, 0.3) is 0 Å². The van der Waals surface area contributed by atoms with E-state index in [2.05, 4.69) is 4.98 Å². The van der Waals surface area contributed by atoms with Crippen molar-refractivity contribution in [1.82, 2.24) is 4.98 Å². The molecule has 1 heterocycles. The molecule has 0 aromatic carbocycles. The minimum absolute atomic E-state index is 0.124. The van der Waals surface area contributed by atoms with Gasteiger partial charge in [0.1, 0.15) is 11.9 Å². The summed E-state index contributed by atoms with van der Waals surface area (Å²) in [5, 5.41) is 8.90. The molecule has 2 N–H and O–H groups in total. The molecule has 4 nitrogen and oxygen atoms in total. The van der Waals surface area contributed by atoms with Crippen LogP contribution in [-0.2, 0) is 4.79 Å². The highest BCUT2D eigenvalue weighted by atomic mass is 32.2. The van der Waals surface area contributed by atoms with E-state index in [1.807, 2.05) is 18.2 Å². The van der Waals surface area contributed by atoms with E-state index >= 15 is 0 Å². The lowest BCUT2D eigenvalue weighted by atomic mass is 10.2. The molecule has 1 rings (SSSR count). The van der Waals surface area contributed by atoms with Gasteiger partial charge < -0.3 is 5.73 Å². The lowest BCUT2D eigenvalue weighted by Gasteiger charge is -1.97. The Kier molecular flexibility index (Phi) is 5.24. The third kappa shape index (κ3) is 4.70. The number of hydrogen-bond acceptors (Lipinski definition) is 5. The van der Waals surface area contributed by atoms with E-state index in [1.165, 1.54) is 11.8 Å². The summed E-state index contributed by atoms with van der Waals surface area (Å²) < 4.78 is 0. The zero-order valence-electron chi connectivity index (χ0n) is 9.51. The number of carbonyl (C=O) groups excluding carboxylic acids is 1. The number of aromatic nitrogens is 1. The molecular formula is C12H13N3OS. The minimum atomic E-state index is 0.124. The van der Waals surface area contributed by atoms with Crippen molar-refractivity contribution in [3.8, 4) is 6.07 Å². The highest BCUT2D eigenvalue weighted by Gasteiger charge is 1.99. The number of anilines is 1. The van der Waals surface area contributed by atoms with Gasteiger partial charge in [0.2, 0.25) is 0 Å². The summed E-state index contributed by atoms with van der Waals surface area (Å²) in [6.45, 7) is 1.55. The normalized spacial score (nSPS) is 10.4. The van der Waals surface area contributed by atoms with Gasteiger partial charge in [0.15, 0.2) is 5.12 Å². The van der Waals surface area contributed by atoms with Crippen molar-refractivity contribution >= 4 is 28.8 Å². The number of carbonyl (C=O) groups is 1. The van der Waals surface area contributed by atoms with Crippen molar-refractivity contribution in [1.29, 1.82) is 5.26 Å². The van der Waals surface area contributed by atoms with Crippen LogP contribution in [0.1, 0.15) is 24.5 Å². The topological polar surface area (TPSA) is 79.8 Å². The summed E-state index contributed by atoms with van der Waals surface area (Å²) in [5.41, 5.74) is 6.73. The second-order valence-corrected chi connectivity index (χ2v) is 4.62. The Hall–Kier alpha value is -1.80. The van der Waals surface area contributed by atoms with Crippen LogP contribution in [0, 0.1) is 11.3 Å². The molecule has 0 bridgehead atoms. The molecule has 0 atom stereocenters. The number of rotatable bonds is 4. The summed E-state index contributed by atoms with van der Waals surface area (Å²) in [4.78, 5) is 14.6. The molecule has 0 aliphatic heterocycles. The van der Waals surface area contributed by atoms with Crippen LogP contribution < -0.4 is 5.73 Å². The Morgan fingerprint density at radius 1 is 1.71 bits per heavy atom. The molecule has 0 spiro atoms. The fourth-order valence-electron chi connectivity index (χ4n) is 1.16. The highest BCUT2D eigenvalue weighted by Crippen LogP contribution is 2.11. The molecule has 0 aliphatic rings. The third-order valence-corrected chi connectivity index (χ3v) is 2.81. The van der Waals surface area contributed by atoms with Gasteiger partial charge in [-0.25, -0.2) is 4.98 Å². The molecule has 5 heteroatoms. The van der Waals surface area contributed by atoms with Gasteiger partial charge in [-0.2, -0.15) is 5.26 Å². The van der Waals surface area contributed by atoms with Crippen LogP contribution in [0.15, 0.2) is 18.3 Å². The average Bonchev–Trinajstić information content (AvgIpc) is 2.30. The first kappa shape index (κ1) is 13.3. The predicted octanol–water partition coefficient (Wildman–Crippen LogP) is 2.22. The number of hydrogen-bond donors (Lipinski definition) is 1. The summed E-state index contributed by atoms with van der Waals surface area (Å²) in [6, 6.07) is 3.67. The van der Waals surface area contributed by atoms with Gasteiger partial charge in [-0.3, -0.25) is 4.79 Å². The second kappa shape index (κ2) is 6.71. The largest absolute Gasteiger partial charge is 0.383 e.